The molecule has 1 aliphatic rings. The minimum Gasteiger partial charge on any atom is -0.390 e. The molecule has 1 amide bonds. The van der Waals surface area contributed by atoms with Crippen molar-refractivity contribution >= 4 is 35.0 Å². The number of benzene rings is 2. The number of anilines is 1. The summed E-state index contributed by atoms with van der Waals surface area (Å²) in [4.78, 5) is 19.0. The molecule has 0 saturated carbocycles. The summed E-state index contributed by atoms with van der Waals surface area (Å²) < 4.78 is 1.94. The predicted molar refractivity (Wildman–Crippen MR) is 112 cm³/mol. The van der Waals surface area contributed by atoms with Crippen LogP contribution in [0.5, 0.6) is 0 Å². The van der Waals surface area contributed by atoms with Gasteiger partial charge in [0.05, 0.1) is 24.3 Å². The van der Waals surface area contributed by atoms with Crippen LogP contribution in [0.3, 0.4) is 0 Å². The maximum absolute atomic E-state index is 12.8. The van der Waals surface area contributed by atoms with Crippen molar-refractivity contribution in [3.63, 3.8) is 0 Å². The summed E-state index contributed by atoms with van der Waals surface area (Å²) in [5.74, 6) is 0.373. The summed E-state index contributed by atoms with van der Waals surface area (Å²) in [6, 6.07) is 15.6. The van der Waals surface area contributed by atoms with Gasteiger partial charge in [-0.3, -0.25) is 4.79 Å². The molecule has 2 heterocycles. The second kappa shape index (κ2) is 8.39. The first-order valence-electron chi connectivity index (χ1n) is 9.06. The Hall–Kier alpha value is -2.28. The molecular formula is C21H20ClN3O2S. The van der Waals surface area contributed by atoms with E-state index in [0.717, 1.165) is 35.1 Å². The van der Waals surface area contributed by atoms with E-state index in [0.29, 0.717) is 17.3 Å². The number of carbonyl (C=O) groups is 1. The third-order valence-electron chi connectivity index (χ3n) is 4.83. The number of para-hydroxylation sites is 1. The second-order valence-electron chi connectivity index (χ2n) is 6.62. The fraction of sp³-hybridized carbons (Fsp3) is 0.238. The molecule has 28 heavy (non-hydrogen) atoms. The number of nitrogens with zero attached hydrogens (tertiary/aromatic N) is 3. The fourth-order valence-electron chi connectivity index (χ4n) is 3.38. The van der Waals surface area contributed by atoms with Crippen LogP contribution < -0.4 is 4.90 Å². The number of hydrogen-bond donors (Lipinski definition) is 1. The second-order valence-corrected chi connectivity index (χ2v) is 7.99. The van der Waals surface area contributed by atoms with Crippen LogP contribution in [0.2, 0.25) is 5.02 Å². The normalized spacial score (nSPS) is 13.0. The van der Waals surface area contributed by atoms with E-state index in [1.165, 1.54) is 17.3 Å². The van der Waals surface area contributed by atoms with Gasteiger partial charge in [0, 0.05) is 23.8 Å². The number of aromatic nitrogens is 2. The minimum absolute atomic E-state index is 0.0709. The van der Waals surface area contributed by atoms with Gasteiger partial charge >= 0.3 is 0 Å². The first kappa shape index (κ1) is 19.1. The van der Waals surface area contributed by atoms with Crippen LogP contribution in [0, 0.1) is 0 Å². The molecular weight excluding hydrogens is 394 g/mol. The smallest absolute Gasteiger partial charge is 0.237 e. The standard InChI is InChI=1S/C21H20ClN3O2S/c22-17-7-5-15(6-8-17)12-25-18(13-26)11-23-21(25)28-14-20(27)24-10-9-16-3-1-2-4-19(16)24/h1-8,11,26H,9-10,12-14H2. The molecule has 0 fully saturated rings. The van der Waals surface area contributed by atoms with Gasteiger partial charge < -0.3 is 14.6 Å². The van der Waals surface area contributed by atoms with E-state index < -0.39 is 0 Å². The highest BCUT2D eigenvalue weighted by atomic mass is 35.5. The van der Waals surface area contributed by atoms with Crippen molar-refractivity contribution in [1.82, 2.24) is 9.55 Å². The molecule has 1 aliphatic heterocycles. The van der Waals surface area contributed by atoms with Gasteiger partial charge in [0.2, 0.25) is 5.91 Å². The lowest BCUT2D eigenvalue weighted by Crippen LogP contribution is -2.30. The molecule has 0 saturated heterocycles. The van der Waals surface area contributed by atoms with Crippen LogP contribution in [-0.2, 0) is 24.4 Å². The number of imidazole rings is 1. The molecule has 7 heteroatoms. The van der Waals surface area contributed by atoms with Crippen molar-refractivity contribution in [2.45, 2.75) is 24.7 Å². The highest BCUT2D eigenvalue weighted by molar-refractivity contribution is 7.99. The van der Waals surface area contributed by atoms with Crippen molar-refractivity contribution in [3.05, 3.63) is 76.6 Å². The number of carbonyl (C=O) groups excluding carboxylic acids is 1. The van der Waals surface area contributed by atoms with Crippen LogP contribution in [0.15, 0.2) is 59.9 Å². The molecule has 2 aromatic carbocycles. The third kappa shape index (κ3) is 3.94. The van der Waals surface area contributed by atoms with E-state index in [-0.39, 0.29) is 12.5 Å². The van der Waals surface area contributed by atoms with Gasteiger partial charge in [-0.25, -0.2) is 4.98 Å². The zero-order valence-corrected chi connectivity index (χ0v) is 16.8. The third-order valence-corrected chi connectivity index (χ3v) is 6.06. The zero-order valence-electron chi connectivity index (χ0n) is 15.2. The number of thioether (sulfide) groups is 1. The summed E-state index contributed by atoms with van der Waals surface area (Å²) in [7, 11) is 0. The fourth-order valence-corrected chi connectivity index (χ4v) is 4.38. The van der Waals surface area contributed by atoms with Crippen LogP contribution in [-0.4, -0.2) is 32.9 Å². The van der Waals surface area contributed by atoms with Crippen molar-refractivity contribution in [1.29, 1.82) is 0 Å². The molecule has 0 atom stereocenters. The molecule has 1 aromatic heterocycles. The first-order chi connectivity index (χ1) is 13.7. The van der Waals surface area contributed by atoms with E-state index in [4.69, 9.17) is 11.6 Å². The number of hydrogen-bond acceptors (Lipinski definition) is 4. The minimum atomic E-state index is -0.103. The zero-order chi connectivity index (χ0) is 19.5. The largest absolute Gasteiger partial charge is 0.390 e. The Morgan fingerprint density at radius 2 is 1.96 bits per heavy atom. The molecule has 4 rings (SSSR count). The summed E-state index contributed by atoms with van der Waals surface area (Å²) in [5, 5.41) is 11.1. The van der Waals surface area contributed by atoms with Crippen molar-refractivity contribution in [3.8, 4) is 0 Å². The van der Waals surface area contributed by atoms with E-state index >= 15 is 0 Å². The molecule has 0 spiro atoms. The van der Waals surface area contributed by atoms with Gasteiger partial charge in [0.15, 0.2) is 5.16 Å². The predicted octanol–water partition coefficient (Wildman–Crippen LogP) is 3.76. The SMILES string of the molecule is O=C(CSc1ncc(CO)n1Cc1ccc(Cl)cc1)N1CCc2ccccc21. The Morgan fingerprint density at radius 1 is 1.18 bits per heavy atom. The number of rotatable bonds is 6. The Labute approximate surface area is 173 Å². The van der Waals surface area contributed by atoms with Gasteiger partial charge in [-0.2, -0.15) is 0 Å². The summed E-state index contributed by atoms with van der Waals surface area (Å²) >= 11 is 7.36. The van der Waals surface area contributed by atoms with Gasteiger partial charge in [0.1, 0.15) is 0 Å². The number of amides is 1. The number of fused-ring (bicyclic) bond motifs is 1. The Balaban J connectivity index is 1.47. The summed E-state index contributed by atoms with van der Waals surface area (Å²) in [6.07, 6.45) is 2.56. The first-order valence-corrected chi connectivity index (χ1v) is 10.4. The highest BCUT2D eigenvalue weighted by Crippen LogP contribution is 2.29. The van der Waals surface area contributed by atoms with E-state index in [2.05, 4.69) is 11.1 Å². The average molecular weight is 414 g/mol. The Kier molecular flexibility index (Phi) is 5.71. The van der Waals surface area contributed by atoms with Crippen LogP contribution >= 0.6 is 23.4 Å². The molecule has 144 valence electrons. The van der Waals surface area contributed by atoms with Crippen molar-refractivity contribution in [2.75, 3.05) is 17.2 Å². The van der Waals surface area contributed by atoms with Gasteiger partial charge in [-0.15, -0.1) is 0 Å². The molecule has 0 radical (unpaired) electrons. The molecule has 0 aliphatic carbocycles. The van der Waals surface area contributed by atoms with Crippen LogP contribution in [0.1, 0.15) is 16.8 Å². The number of aliphatic hydroxyl groups excluding tert-OH is 1. The Morgan fingerprint density at radius 3 is 2.75 bits per heavy atom. The van der Waals surface area contributed by atoms with Gasteiger partial charge in [-0.05, 0) is 35.7 Å². The van der Waals surface area contributed by atoms with Gasteiger partial charge in [-0.1, -0.05) is 53.7 Å². The molecule has 3 aromatic rings. The van der Waals surface area contributed by atoms with Crippen LogP contribution in [0.4, 0.5) is 5.69 Å². The average Bonchev–Trinajstić information content (AvgIpc) is 3.32. The van der Waals surface area contributed by atoms with Gasteiger partial charge in [0.25, 0.3) is 0 Å². The maximum atomic E-state index is 12.8. The lowest BCUT2D eigenvalue weighted by molar-refractivity contribution is -0.116. The topological polar surface area (TPSA) is 58.4 Å². The molecule has 1 N–H and O–H groups in total. The van der Waals surface area contributed by atoms with Crippen molar-refractivity contribution in [2.24, 2.45) is 0 Å². The van der Waals surface area contributed by atoms with E-state index in [1.54, 1.807) is 6.20 Å². The highest BCUT2D eigenvalue weighted by Gasteiger charge is 2.24. The van der Waals surface area contributed by atoms with E-state index in [9.17, 15) is 9.90 Å². The summed E-state index contributed by atoms with van der Waals surface area (Å²) in [6.45, 7) is 1.19. The molecule has 5 nitrogen and oxygen atoms in total. The monoisotopic (exact) mass is 413 g/mol. The lowest BCUT2D eigenvalue weighted by Gasteiger charge is -2.17. The van der Waals surface area contributed by atoms with E-state index in [1.807, 2.05) is 51.9 Å². The van der Waals surface area contributed by atoms with Crippen molar-refractivity contribution < 1.29 is 9.90 Å². The number of aliphatic hydroxyl groups is 1. The summed E-state index contributed by atoms with van der Waals surface area (Å²) in [5.41, 5.74) is 4.00. The Bertz CT molecular complexity index is 988. The molecule has 0 unspecified atom stereocenters. The number of halogens is 1. The van der Waals surface area contributed by atoms with Crippen LogP contribution in [0.25, 0.3) is 0 Å². The molecule has 0 bridgehead atoms. The maximum Gasteiger partial charge on any atom is 0.237 e. The lowest BCUT2D eigenvalue weighted by atomic mass is 10.2. The quantitative estimate of drug-likeness (QED) is 0.625.